The van der Waals surface area contributed by atoms with Crippen molar-refractivity contribution in [1.82, 2.24) is 9.88 Å². The van der Waals surface area contributed by atoms with Gasteiger partial charge in [-0.05, 0) is 7.05 Å². The van der Waals surface area contributed by atoms with Crippen molar-refractivity contribution in [2.45, 2.75) is 12.3 Å². The molecule has 4 nitrogen and oxygen atoms in total. The van der Waals surface area contributed by atoms with Gasteiger partial charge in [0.25, 0.3) is 0 Å². The van der Waals surface area contributed by atoms with Gasteiger partial charge in [0.05, 0.1) is 22.3 Å². The van der Waals surface area contributed by atoms with E-state index in [2.05, 4.69) is 4.98 Å². The highest BCUT2D eigenvalue weighted by Crippen LogP contribution is 2.12. The minimum absolute atomic E-state index is 0.203. The Bertz CT molecular complexity index is 445. The van der Waals surface area contributed by atoms with Crippen molar-refractivity contribution < 1.29 is 8.42 Å². The van der Waals surface area contributed by atoms with Gasteiger partial charge in [-0.15, -0.1) is 22.9 Å². The summed E-state index contributed by atoms with van der Waals surface area (Å²) >= 11 is 7.27. The van der Waals surface area contributed by atoms with E-state index < -0.39 is 9.84 Å². The molecular weight excluding hydrogens is 280 g/mol. The highest BCUT2D eigenvalue weighted by molar-refractivity contribution is 7.90. The van der Waals surface area contributed by atoms with Gasteiger partial charge in [0.15, 0.2) is 0 Å². The molecule has 0 spiro atoms. The smallest absolute Gasteiger partial charge is 0.148 e. The molecule has 0 aromatic carbocycles. The second-order valence-electron chi connectivity index (χ2n) is 4.05. The summed E-state index contributed by atoms with van der Waals surface area (Å²) in [4.78, 5) is 6.35. The number of alkyl halides is 1. The molecule has 0 amide bonds. The minimum atomic E-state index is -2.87. The molecule has 0 saturated heterocycles. The average molecular weight is 297 g/mol. The van der Waals surface area contributed by atoms with Crippen molar-refractivity contribution in [1.29, 1.82) is 0 Å². The largest absolute Gasteiger partial charge is 0.305 e. The highest BCUT2D eigenvalue weighted by atomic mass is 35.5. The number of hydrogen-bond acceptors (Lipinski definition) is 5. The lowest BCUT2D eigenvalue weighted by atomic mass is 10.4. The number of hydrogen-bond donors (Lipinski definition) is 0. The molecule has 7 heteroatoms. The maximum atomic E-state index is 11.0. The molecule has 1 aromatic rings. The van der Waals surface area contributed by atoms with Crippen LogP contribution in [0.2, 0.25) is 0 Å². The van der Waals surface area contributed by atoms with Gasteiger partial charge in [0.1, 0.15) is 9.84 Å². The van der Waals surface area contributed by atoms with Crippen LogP contribution >= 0.6 is 22.9 Å². The van der Waals surface area contributed by atoms with Crippen molar-refractivity contribution in [2.75, 3.05) is 32.1 Å². The third-order valence-electron chi connectivity index (χ3n) is 2.29. The van der Waals surface area contributed by atoms with Gasteiger partial charge in [-0.2, -0.15) is 0 Å². The molecule has 0 atom stereocenters. The number of rotatable bonds is 7. The quantitative estimate of drug-likeness (QED) is 0.714. The first-order valence-electron chi connectivity index (χ1n) is 5.26. The zero-order valence-electron chi connectivity index (χ0n) is 10.0. The Balaban J connectivity index is 2.30. The van der Waals surface area contributed by atoms with Crippen LogP contribution in [0.15, 0.2) is 5.38 Å². The van der Waals surface area contributed by atoms with Crippen molar-refractivity contribution in [3.8, 4) is 0 Å². The standard InChI is InChI=1S/C10H17ClN2O2S2/c1-13(5-6-17(2,14)15)4-3-10-12-9(7-11)8-16-10/h8H,3-7H2,1-2H3. The van der Waals surface area contributed by atoms with Crippen molar-refractivity contribution >= 4 is 32.8 Å². The molecule has 0 N–H and O–H groups in total. The van der Waals surface area contributed by atoms with Crippen LogP contribution < -0.4 is 0 Å². The molecule has 0 unspecified atom stereocenters. The Morgan fingerprint density at radius 2 is 2.18 bits per heavy atom. The van der Waals surface area contributed by atoms with E-state index in [1.54, 1.807) is 11.3 Å². The molecule has 0 aliphatic heterocycles. The van der Waals surface area contributed by atoms with E-state index in [9.17, 15) is 8.42 Å². The van der Waals surface area contributed by atoms with Gasteiger partial charge in [-0.25, -0.2) is 13.4 Å². The minimum Gasteiger partial charge on any atom is -0.305 e. The first-order chi connectivity index (χ1) is 7.90. The van der Waals surface area contributed by atoms with E-state index in [-0.39, 0.29) is 5.75 Å². The van der Waals surface area contributed by atoms with Crippen LogP contribution in [0.3, 0.4) is 0 Å². The highest BCUT2D eigenvalue weighted by Gasteiger charge is 2.07. The Kier molecular flexibility index (Phi) is 5.85. The van der Waals surface area contributed by atoms with Gasteiger partial charge < -0.3 is 4.90 Å². The molecule has 1 rings (SSSR count). The van der Waals surface area contributed by atoms with Crippen LogP contribution in [0.25, 0.3) is 0 Å². The van der Waals surface area contributed by atoms with Crippen LogP contribution in [-0.4, -0.2) is 50.4 Å². The molecule has 0 radical (unpaired) electrons. The molecule has 98 valence electrons. The summed E-state index contributed by atoms with van der Waals surface area (Å²) in [5, 5.41) is 3.01. The topological polar surface area (TPSA) is 50.3 Å². The summed E-state index contributed by atoms with van der Waals surface area (Å²) in [6.07, 6.45) is 2.09. The lowest BCUT2D eigenvalue weighted by Crippen LogP contribution is -2.27. The van der Waals surface area contributed by atoms with E-state index in [1.165, 1.54) is 6.26 Å². The normalized spacial score (nSPS) is 12.2. The predicted molar refractivity (Wildman–Crippen MR) is 72.6 cm³/mol. The first kappa shape index (κ1) is 14.9. The van der Waals surface area contributed by atoms with E-state index >= 15 is 0 Å². The molecule has 0 aliphatic rings. The third kappa shape index (κ3) is 6.35. The van der Waals surface area contributed by atoms with Crippen LogP contribution in [0.5, 0.6) is 0 Å². The number of thiazole rings is 1. The number of halogens is 1. The molecule has 17 heavy (non-hydrogen) atoms. The Hall–Kier alpha value is -0.170. The fourth-order valence-corrected chi connectivity index (χ4v) is 2.90. The van der Waals surface area contributed by atoms with Gasteiger partial charge in [0, 0.05) is 31.1 Å². The number of sulfone groups is 1. The molecule has 1 aromatic heterocycles. The molecule has 0 saturated carbocycles. The number of nitrogens with zero attached hydrogens (tertiary/aromatic N) is 2. The number of aromatic nitrogens is 1. The average Bonchev–Trinajstić information content (AvgIpc) is 2.70. The fourth-order valence-electron chi connectivity index (χ4n) is 1.25. The zero-order chi connectivity index (χ0) is 12.9. The summed E-state index contributed by atoms with van der Waals surface area (Å²) in [5.41, 5.74) is 0.908. The third-order valence-corrected chi connectivity index (χ3v) is 4.44. The summed E-state index contributed by atoms with van der Waals surface area (Å²) in [7, 11) is -0.956. The molecule has 0 fully saturated rings. The number of likely N-dealkylation sites (N-methyl/N-ethyl adjacent to an activating group) is 1. The molecule has 0 aliphatic carbocycles. The summed E-state index contributed by atoms with van der Waals surface area (Å²) < 4.78 is 22.0. The van der Waals surface area contributed by atoms with Crippen LogP contribution in [0.4, 0.5) is 0 Å². The second-order valence-corrected chi connectivity index (χ2v) is 7.52. The predicted octanol–water partition coefficient (Wildman–Crippen LogP) is 1.40. The molecular formula is C10H17ClN2O2S2. The zero-order valence-corrected chi connectivity index (χ0v) is 12.4. The molecule has 0 bridgehead atoms. The fraction of sp³-hybridized carbons (Fsp3) is 0.700. The van der Waals surface area contributed by atoms with Crippen LogP contribution in [-0.2, 0) is 22.1 Å². The maximum absolute atomic E-state index is 11.0. The molecule has 1 heterocycles. The maximum Gasteiger partial charge on any atom is 0.148 e. The van der Waals surface area contributed by atoms with Gasteiger partial charge >= 0.3 is 0 Å². The first-order valence-corrected chi connectivity index (χ1v) is 8.73. The van der Waals surface area contributed by atoms with E-state index in [0.717, 1.165) is 23.7 Å². The second kappa shape index (κ2) is 6.68. The van der Waals surface area contributed by atoms with Crippen molar-refractivity contribution in [3.63, 3.8) is 0 Å². The van der Waals surface area contributed by atoms with Gasteiger partial charge in [0.2, 0.25) is 0 Å². The Labute approximate surface area is 112 Å². The monoisotopic (exact) mass is 296 g/mol. The van der Waals surface area contributed by atoms with Gasteiger partial charge in [-0.3, -0.25) is 0 Å². The lowest BCUT2D eigenvalue weighted by Gasteiger charge is -2.14. The van der Waals surface area contributed by atoms with Gasteiger partial charge in [-0.1, -0.05) is 0 Å². The lowest BCUT2D eigenvalue weighted by molar-refractivity contribution is 0.358. The Morgan fingerprint density at radius 3 is 2.71 bits per heavy atom. The van der Waals surface area contributed by atoms with Crippen LogP contribution in [0, 0.1) is 0 Å². The summed E-state index contributed by atoms with van der Waals surface area (Å²) in [6, 6.07) is 0. The van der Waals surface area contributed by atoms with Crippen molar-refractivity contribution in [3.05, 3.63) is 16.1 Å². The van der Waals surface area contributed by atoms with Crippen molar-refractivity contribution in [2.24, 2.45) is 0 Å². The van der Waals surface area contributed by atoms with E-state index in [1.807, 2.05) is 17.3 Å². The van der Waals surface area contributed by atoms with E-state index in [4.69, 9.17) is 11.6 Å². The summed E-state index contributed by atoms with van der Waals surface area (Å²) in [6.45, 7) is 1.37. The van der Waals surface area contributed by atoms with Crippen LogP contribution in [0.1, 0.15) is 10.7 Å². The summed E-state index contributed by atoms with van der Waals surface area (Å²) in [5.74, 6) is 0.648. The Morgan fingerprint density at radius 1 is 1.47 bits per heavy atom. The SMILES string of the molecule is CN(CCc1nc(CCl)cs1)CCS(C)(=O)=O. The van der Waals surface area contributed by atoms with E-state index in [0.29, 0.717) is 12.4 Å².